The second-order valence-electron chi connectivity index (χ2n) is 0. The first kappa shape index (κ1) is 1040. The van der Waals surface area contributed by atoms with Gasteiger partial charge in [0.2, 0.25) is 0 Å². The van der Waals surface area contributed by atoms with Crippen LogP contribution in [0, 0.1) is 0 Å². The summed E-state index contributed by atoms with van der Waals surface area (Å²) in [6, 6.07) is 0. The average Bonchev–Trinajstić information content (AvgIpc) is 0. The van der Waals surface area contributed by atoms with Gasteiger partial charge < -0.3 is 0 Å². The van der Waals surface area contributed by atoms with Crippen molar-refractivity contribution in [2.45, 2.75) is 81.7 Å². The fraction of sp³-hybridized carbons (Fsp3) is 1.00. The maximum absolute atomic E-state index is 0. The number of hydrogen-bond donors (Lipinski definition) is 0. The van der Waals surface area contributed by atoms with E-state index in [0.29, 0.717) is 0 Å². The van der Waals surface area contributed by atoms with Gasteiger partial charge in [-0.1, -0.05) is 81.7 Å². The van der Waals surface area contributed by atoms with Gasteiger partial charge in [-0.3, -0.25) is 0 Å². The molecule has 41 heteroatoms. The van der Waals surface area contributed by atoms with Crippen LogP contribution in [0.5, 0.6) is 0 Å². The Bertz CT molecular complexity index is 120. The van der Waals surface area contributed by atoms with Crippen LogP contribution in [0.4, 0.5) is 0 Å². The number of rotatable bonds is 0. The molecule has 0 saturated carbocycles. The van der Waals surface area contributed by atoms with Gasteiger partial charge in [0, 0.05) is 629 Å². The third-order valence-corrected chi connectivity index (χ3v) is 0. The van der Waals surface area contributed by atoms with Crippen molar-refractivity contribution in [1.29, 1.82) is 0 Å². The van der Waals surface area contributed by atoms with Gasteiger partial charge in [-0.15, -0.1) is 0 Å². The standard InChI is InChI=1S/11CH4.8Cr.11Mn.11Ni.11Si/h11*1H4;;;;;;;;;;;;;;;;;;;;;;;;;;;;;;;;;;;;;;;;;. The van der Waals surface area contributed by atoms with Crippen molar-refractivity contribution in [3.63, 3.8) is 0 Å². The van der Waals surface area contributed by atoms with E-state index in [4.69, 9.17) is 0 Å². The van der Waals surface area contributed by atoms with Gasteiger partial charge in [0.15, 0.2) is 0 Å². The van der Waals surface area contributed by atoms with Crippen molar-refractivity contribution in [3.05, 3.63) is 0 Å². The summed E-state index contributed by atoms with van der Waals surface area (Å²) in [6.45, 7) is 0. The molecular formula is C11H44Cr8Mn11Ni11Si11. The molecule has 0 aliphatic rings. The molecule has 0 aromatic rings. The number of hydrogen-bond acceptors (Lipinski definition) is 0. The van der Waals surface area contributed by atoms with Crippen LogP contribution >= 0.6 is 0 Å². The van der Waals surface area contributed by atoms with Crippen LogP contribution < -0.4 is 0 Å². The molecule has 0 nitrogen and oxygen atoms in total. The SMILES string of the molecule is C.C.C.C.C.C.C.C.C.C.C.[Cr].[Cr].[Cr].[Cr].[Cr].[Cr].[Cr].[Cr].[Mn].[Mn].[Mn].[Mn].[Mn].[Mn].[Mn].[Mn].[Mn].[Mn].[Mn].[Ni].[Ni].[Ni].[Ni].[Ni].[Ni].[Ni].[Ni].[Ni].[Ni].[Ni].[Si].[Si].[Si].[Si].[Si].[Si].[Si].[Si].[Si].[Si].[Si]. The normalized spacial score (nSPS) is 0. The Balaban J connectivity index is 0. The van der Waals surface area contributed by atoms with Crippen LogP contribution in [0.3, 0.4) is 0 Å². The van der Waals surface area contributed by atoms with E-state index in [1.54, 1.807) is 0 Å². The zero-order valence-corrected chi connectivity index (χ0v) is 61.5. The summed E-state index contributed by atoms with van der Waals surface area (Å²) in [4.78, 5) is 0. The third kappa shape index (κ3) is 956. The molecule has 0 aromatic heterocycles. The summed E-state index contributed by atoms with van der Waals surface area (Å²) in [6.07, 6.45) is 0. The molecule has 0 aliphatic heterocycles. The van der Waals surface area contributed by atoms with Crippen molar-refractivity contribution in [2.75, 3.05) is 0 Å². The molecule has 0 bridgehead atoms. The second kappa shape index (κ2) is 999. The molecule has 0 N–H and O–H groups in total. The maximum atomic E-state index is 0. The zero-order valence-electron chi connectivity index (χ0n) is 16.4. The molecular weight excluding hydrogens is 2110 g/mol. The molecule has 0 atom stereocenters. The van der Waals surface area contributed by atoms with Gasteiger partial charge >= 0.3 is 0 Å². The van der Waals surface area contributed by atoms with Crippen molar-refractivity contribution in [1.82, 2.24) is 0 Å². The third-order valence-electron chi connectivity index (χ3n) is 0. The van der Waals surface area contributed by atoms with Crippen molar-refractivity contribution < 1.29 is 508 Å². The van der Waals surface area contributed by atoms with Gasteiger partial charge in [-0.05, 0) is 0 Å². The molecule has 0 heterocycles. The largest absolute Gasteiger partial charge is 0.0776 e. The second-order valence-corrected chi connectivity index (χ2v) is 0. The molecule has 0 rings (SSSR count). The van der Waals surface area contributed by atoms with E-state index in [1.165, 1.54) is 0 Å². The summed E-state index contributed by atoms with van der Waals surface area (Å²) < 4.78 is 0. The summed E-state index contributed by atoms with van der Waals surface area (Å²) in [5, 5.41) is 0. The molecule has 0 saturated heterocycles. The minimum Gasteiger partial charge on any atom is -0.0776 e. The first-order valence-corrected chi connectivity index (χ1v) is 0. The van der Waals surface area contributed by atoms with Gasteiger partial charge in [-0.2, -0.15) is 0 Å². The van der Waals surface area contributed by atoms with E-state index in [-0.39, 0.29) is 710 Å². The van der Waals surface area contributed by atoms with Gasteiger partial charge in [0.25, 0.3) is 0 Å². The summed E-state index contributed by atoms with van der Waals surface area (Å²) in [5.74, 6) is 0. The van der Waals surface area contributed by atoms with Crippen LogP contribution in [-0.2, 0) is 508 Å². The molecule has 52 heavy (non-hydrogen) atoms. The van der Waals surface area contributed by atoms with Crippen LogP contribution in [0.2, 0.25) is 0 Å². The van der Waals surface area contributed by atoms with Crippen LogP contribution in [0.15, 0.2) is 0 Å². The van der Waals surface area contributed by atoms with Gasteiger partial charge in [0.05, 0.1) is 0 Å². The van der Waals surface area contributed by atoms with E-state index in [1.807, 2.05) is 0 Å². The topological polar surface area (TPSA) is 0 Å². The molecule has 0 spiro atoms. The first-order valence-electron chi connectivity index (χ1n) is 0. The Hall–Kier alpha value is 17.8. The molecule has 0 unspecified atom stereocenters. The molecule has 0 aliphatic carbocycles. The van der Waals surface area contributed by atoms with Crippen molar-refractivity contribution >= 4 is 121 Å². The smallest absolute Gasteiger partial charge is 0 e. The fourth-order valence-corrected chi connectivity index (χ4v) is 0. The van der Waals surface area contributed by atoms with Crippen molar-refractivity contribution in [3.8, 4) is 0 Å². The Labute approximate surface area is 695 Å². The summed E-state index contributed by atoms with van der Waals surface area (Å²) >= 11 is 0. The van der Waals surface area contributed by atoms with Gasteiger partial charge in [0.1, 0.15) is 0 Å². The maximum Gasteiger partial charge on any atom is 0 e. The predicted molar refractivity (Wildman–Crippen MR) is 137 cm³/mol. The quantitative estimate of drug-likeness (QED) is 0.328. The molecule has 0 fully saturated rings. The molecule has 0 amide bonds. The molecule has 367 valence electrons. The van der Waals surface area contributed by atoms with E-state index in [0.717, 1.165) is 0 Å². The van der Waals surface area contributed by atoms with Crippen LogP contribution in [0.1, 0.15) is 81.7 Å². The zero-order chi connectivity index (χ0) is 0. The van der Waals surface area contributed by atoms with E-state index < -0.39 is 0 Å². The average molecular weight is 2150 g/mol. The first-order chi connectivity index (χ1) is 0. The van der Waals surface area contributed by atoms with Gasteiger partial charge in [-0.25, -0.2) is 0 Å². The molecule has 0 aromatic carbocycles. The van der Waals surface area contributed by atoms with E-state index >= 15 is 0 Å². The Morgan fingerprint density at radius 3 is 0.0962 bits per heavy atom. The Morgan fingerprint density at radius 1 is 0.0962 bits per heavy atom. The summed E-state index contributed by atoms with van der Waals surface area (Å²) in [7, 11) is 0. The minimum absolute atomic E-state index is 0. The van der Waals surface area contributed by atoms with Crippen molar-refractivity contribution in [2.24, 2.45) is 0 Å². The summed E-state index contributed by atoms with van der Waals surface area (Å²) in [5.41, 5.74) is 0. The molecule has 55 radical (unpaired) electrons. The monoisotopic (exact) mass is 2140 g/mol. The van der Waals surface area contributed by atoms with E-state index in [9.17, 15) is 0 Å². The Kier molecular flexibility index (Phi) is 20000. The van der Waals surface area contributed by atoms with Crippen LogP contribution in [-0.4, -0.2) is 121 Å². The predicted octanol–water partition coefficient (Wildman–Crippen LogP) is 2.73. The fourth-order valence-electron chi connectivity index (χ4n) is 0. The van der Waals surface area contributed by atoms with Crippen LogP contribution in [0.25, 0.3) is 0 Å². The Morgan fingerprint density at radius 2 is 0.0962 bits per heavy atom. The minimum atomic E-state index is 0. The van der Waals surface area contributed by atoms with E-state index in [2.05, 4.69) is 0 Å².